The number of nitrogens with two attached hydrogens (primary N) is 1. The van der Waals surface area contributed by atoms with Gasteiger partial charge in [0.25, 0.3) is 0 Å². The van der Waals surface area contributed by atoms with E-state index in [0.29, 0.717) is 17.9 Å². The Balaban J connectivity index is 2.72. The van der Waals surface area contributed by atoms with Gasteiger partial charge in [0, 0.05) is 26.8 Å². The number of ether oxygens (including phenoxy) is 2. The van der Waals surface area contributed by atoms with E-state index in [4.69, 9.17) is 15.2 Å². The highest BCUT2D eigenvalue weighted by atomic mass is 16.7. The number of rotatable bonds is 4. The van der Waals surface area contributed by atoms with Crippen molar-refractivity contribution in [3.05, 3.63) is 24.5 Å². The van der Waals surface area contributed by atoms with Gasteiger partial charge in [-0.25, -0.2) is 4.98 Å². The van der Waals surface area contributed by atoms with E-state index in [0.717, 1.165) is 5.69 Å². The first-order valence-corrected chi connectivity index (χ1v) is 4.16. The second kappa shape index (κ2) is 4.88. The summed E-state index contributed by atoms with van der Waals surface area (Å²) in [6.45, 7) is 3.62. The second-order valence-corrected chi connectivity index (χ2v) is 2.80. The van der Waals surface area contributed by atoms with E-state index < -0.39 is 0 Å². The predicted molar refractivity (Wildman–Crippen MR) is 52.4 cm³/mol. The molecule has 0 saturated heterocycles. The maximum atomic E-state index is 5.56. The molecule has 0 atom stereocenters. The number of aromatic nitrogens is 2. The quantitative estimate of drug-likeness (QED) is 0.706. The van der Waals surface area contributed by atoms with Crippen molar-refractivity contribution < 1.29 is 9.47 Å². The van der Waals surface area contributed by atoms with E-state index in [1.54, 1.807) is 20.4 Å². The average molecular weight is 196 g/mol. The standard InChI is InChI=1S/C9H14N3O2/c1-6-9(10)12-7(5-11-6)4-8(13-2)14-3/h5,8H,1,4H2,2-3H3,(H2,10,12). The third-order valence-electron chi connectivity index (χ3n) is 1.83. The van der Waals surface area contributed by atoms with Crippen LogP contribution in [-0.2, 0) is 15.9 Å². The van der Waals surface area contributed by atoms with E-state index in [1.807, 2.05) is 0 Å². The van der Waals surface area contributed by atoms with Crippen molar-refractivity contribution in [2.24, 2.45) is 0 Å². The molecule has 1 aromatic heterocycles. The lowest BCUT2D eigenvalue weighted by Crippen LogP contribution is -2.17. The summed E-state index contributed by atoms with van der Waals surface area (Å²) in [5, 5.41) is 0. The molecule has 0 aliphatic heterocycles. The Morgan fingerprint density at radius 2 is 2.14 bits per heavy atom. The van der Waals surface area contributed by atoms with Gasteiger partial charge in [0.2, 0.25) is 0 Å². The van der Waals surface area contributed by atoms with Crippen LogP contribution in [0.3, 0.4) is 0 Å². The van der Waals surface area contributed by atoms with Crippen molar-refractivity contribution in [3.63, 3.8) is 0 Å². The smallest absolute Gasteiger partial charge is 0.162 e. The first-order chi connectivity index (χ1) is 6.67. The predicted octanol–water partition coefficient (Wildman–Crippen LogP) is 0.402. The Morgan fingerprint density at radius 1 is 1.50 bits per heavy atom. The van der Waals surface area contributed by atoms with Gasteiger partial charge in [0.15, 0.2) is 6.29 Å². The highest BCUT2D eigenvalue weighted by Gasteiger charge is 2.08. The number of nitrogens with zero attached hydrogens (tertiary/aromatic N) is 2. The summed E-state index contributed by atoms with van der Waals surface area (Å²) in [6, 6.07) is 0. The Hall–Kier alpha value is -1.20. The Morgan fingerprint density at radius 3 is 2.64 bits per heavy atom. The molecule has 0 aromatic carbocycles. The molecule has 1 rings (SSSR count). The van der Waals surface area contributed by atoms with Gasteiger partial charge in [0.05, 0.1) is 11.4 Å². The summed E-state index contributed by atoms with van der Waals surface area (Å²) in [6.07, 6.45) is 1.81. The maximum Gasteiger partial charge on any atom is 0.162 e. The molecule has 0 aliphatic carbocycles. The van der Waals surface area contributed by atoms with Gasteiger partial charge in [0.1, 0.15) is 5.82 Å². The lowest BCUT2D eigenvalue weighted by molar-refractivity contribution is -0.101. The van der Waals surface area contributed by atoms with Crippen LogP contribution in [0, 0.1) is 6.92 Å². The number of anilines is 1. The number of nitrogen functional groups attached to an aromatic ring is 1. The first kappa shape index (κ1) is 10.9. The van der Waals surface area contributed by atoms with Gasteiger partial charge in [-0.1, -0.05) is 0 Å². The molecule has 77 valence electrons. The first-order valence-electron chi connectivity index (χ1n) is 4.16. The van der Waals surface area contributed by atoms with E-state index >= 15 is 0 Å². The Labute approximate surface area is 83.3 Å². The lowest BCUT2D eigenvalue weighted by atomic mass is 10.3. The molecule has 1 heterocycles. The zero-order valence-electron chi connectivity index (χ0n) is 8.36. The molecule has 5 nitrogen and oxygen atoms in total. The number of hydrogen-bond donors (Lipinski definition) is 1. The maximum absolute atomic E-state index is 5.56. The normalized spacial score (nSPS) is 10.9. The third-order valence-corrected chi connectivity index (χ3v) is 1.83. The van der Waals surface area contributed by atoms with Crippen LogP contribution in [0.2, 0.25) is 0 Å². The van der Waals surface area contributed by atoms with Crippen molar-refractivity contribution in [2.75, 3.05) is 20.0 Å². The van der Waals surface area contributed by atoms with Crippen LogP contribution < -0.4 is 5.73 Å². The molecule has 0 bridgehead atoms. The average Bonchev–Trinajstić information content (AvgIpc) is 2.19. The molecule has 1 radical (unpaired) electrons. The van der Waals surface area contributed by atoms with E-state index in [-0.39, 0.29) is 6.29 Å². The molecule has 2 N–H and O–H groups in total. The summed E-state index contributed by atoms with van der Waals surface area (Å²) < 4.78 is 10.1. The summed E-state index contributed by atoms with van der Waals surface area (Å²) in [7, 11) is 3.14. The molecular formula is C9H14N3O2. The molecule has 0 spiro atoms. The van der Waals surface area contributed by atoms with Crippen LogP contribution in [0.4, 0.5) is 5.82 Å². The fraction of sp³-hybridized carbons (Fsp3) is 0.444. The minimum Gasteiger partial charge on any atom is -0.382 e. The third kappa shape index (κ3) is 2.65. The fourth-order valence-electron chi connectivity index (χ4n) is 0.999. The molecule has 0 saturated carbocycles. The summed E-state index contributed by atoms with van der Waals surface area (Å²) >= 11 is 0. The van der Waals surface area contributed by atoms with Crippen molar-refractivity contribution in [2.45, 2.75) is 12.7 Å². The van der Waals surface area contributed by atoms with Gasteiger partial charge in [-0.05, 0) is 6.92 Å². The summed E-state index contributed by atoms with van der Waals surface area (Å²) in [4.78, 5) is 8.09. The number of hydrogen-bond acceptors (Lipinski definition) is 5. The molecule has 14 heavy (non-hydrogen) atoms. The SMILES string of the molecule is [CH2]c1ncc(CC(OC)OC)nc1N. The monoisotopic (exact) mass is 196 g/mol. The van der Waals surface area contributed by atoms with Crippen LogP contribution in [0.25, 0.3) is 0 Å². The van der Waals surface area contributed by atoms with Crippen LogP contribution in [0.1, 0.15) is 11.4 Å². The molecule has 0 aliphatic rings. The highest BCUT2D eigenvalue weighted by molar-refractivity contribution is 5.36. The van der Waals surface area contributed by atoms with Crippen LogP contribution in [0.5, 0.6) is 0 Å². The second-order valence-electron chi connectivity index (χ2n) is 2.80. The van der Waals surface area contributed by atoms with Crippen molar-refractivity contribution in [1.82, 2.24) is 9.97 Å². The van der Waals surface area contributed by atoms with Crippen LogP contribution in [0.15, 0.2) is 6.20 Å². The zero-order chi connectivity index (χ0) is 10.6. The molecule has 5 heteroatoms. The van der Waals surface area contributed by atoms with Crippen molar-refractivity contribution in [3.8, 4) is 0 Å². The molecule has 1 aromatic rings. The molecule has 0 fully saturated rings. The molecule has 0 amide bonds. The van der Waals surface area contributed by atoms with Gasteiger partial charge in [-0.2, -0.15) is 0 Å². The zero-order valence-corrected chi connectivity index (χ0v) is 8.36. The minimum absolute atomic E-state index is 0.320. The van der Waals surface area contributed by atoms with Crippen molar-refractivity contribution in [1.29, 1.82) is 0 Å². The van der Waals surface area contributed by atoms with Gasteiger partial charge >= 0.3 is 0 Å². The highest BCUT2D eigenvalue weighted by Crippen LogP contribution is 2.07. The van der Waals surface area contributed by atoms with Gasteiger partial charge in [-0.15, -0.1) is 0 Å². The molecular weight excluding hydrogens is 182 g/mol. The van der Waals surface area contributed by atoms with E-state index in [1.165, 1.54) is 0 Å². The Bertz CT molecular complexity index is 300. The Kier molecular flexibility index (Phi) is 3.79. The number of methoxy groups -OCH3 is 2. The summed E-state index contributed by atoms with van der Waals surface area (Å²) in [5.41, 5.74) is 6.77. The van der Waals surface area contributed by atoms with Gasteiger partial charge < -0.3 is 15.2 Å². The van der Waals surface area contributed by atoms with Crippen LogP contribution >= 0.6 is 0 Å². The minimum atomic E-state index is -0.320. The topological polar surface area (TPSA) is 70.3 Å². The largest absolute Gasteiger partial charge is 0.382 e. The van der Waals surface area contributed by atoms with E-state index in [9.17, 15) is 0 Å². The van der Waals surface area contributed by atoms with E-state index in [2.05, 4.69) is 16.9 Å². The lowest BCUT2D eigenvalue weighted by Gasteiger charge is -2.12. The van der Waals surface area contributed by atoms with Crippen molar-refractivity contribution >= 4 is 5.82 Å². The summed E-state index contributed by atoms with van der Waals surface area (Å²) in [5.74, 6) is 0.341. The fourth-order valence-corrected chi connectivity index (χ4v) is 0.999. The van der Waals surface area contributed by atoms with Gasteiger partial charge in [-0.3, -0.25) is 4.98 Å². The van der Waals surface area contributed by atoms with Crippen LogP contribution in [-0.4, -0.2) is 30.5 Å². The molecule has 0 unspecified atom stereocenters.